The van der Waals surface area contributed by atoms with Crippen LogP contribution in [0.3, 0.4) is 0 Å². The maximum absolute atomic E-state index is 12.7. The summed E-state index contributed by atoms with van der Waals surface area (Å²) in [7, 11) is 0. The molecule has 1 atom stereocenters. The fourth-order valence-corrected chi connectivity index (χ4v) is 2.70. The molecular weight excluding hydrogens is 278 g/mol. The van der Waals surface area contributed by atoms with Crippen molar-refractivity contribution >= 4 is 12.0 Å². The van der Waals surface area contributed by atoms with E-state index < -0.39 is 11.7 Å². The van der Waals surface area contributed by atoms with E-state index in [1.807, 2.05) is 51.1 Å². The molecule has 1 saturated heterocycles. The Morgan fingerprint density at radius 1 is 1.23 bits per heavy atom. The molecular formula is C18H25NO3. The zero-order chi connectivity index (χ0) is 16.2. The number of nitrogens with zero attached hydrogens (tertiary/aromatic N) is 1. The highest BCUT2D eigenvalue weighted by Crippen LogP contribution is 2.23. The summed E-state index contributed by atoms with van der Waals surface area (Å²) in [6.07, 6.45) is 2.79. The summed E-state index contributed by atoms with van der Waals surface area (Å²) in [4.78, 5) is 26.3. The molecule has 0 aromatic heterocycles. The van der Waals surface area contributed by atoms with Gasteiger partial charge in [0.05, 0.1) is 0 Å². The first-order chi connectivity index (χ1) is 10.4. The Kier molecular flexibility index (Phi) is 5.22. The number of amides is 2. The molecule has 0 radical (unpaired) electrons. The lowest BCUT2D eigenvalue weighted by Gasteiger charge is -2.27. The second kappa shape index (κ2) is 6.95. The molecule has 0 bridgehead atoms. The topological polar surface area (TPSA) is 46.6 Å². The van der Waals surface area contributed by atoms with Gasteiger partial charge in [0, 0.05) is 12.5 Å². The second-order valence-corrected chi connectivity index (χ2v) is 6.85. The van der Waals surface area contributed by atoms with Gasteiger partial charge in [-0.05, 0) is 45.6 Å². The van der Waals surface area contributed by atoms with Gasteiger partial charge in [-0.25, -0.2) is 9.69 Å². The molecule has 2 rings (SSSR count). The standard InChI is InChI=1S/C18H25NO3/c1-18(2,3)22-17(21)19-12-8-7-11-15(16(19)20)13-14-9-5-4-6-10-14/h4-6,9-10,15H,7-8,11-13H2,1-3H3. The Morgan fingerprint density at radius 2 is 1.91 bits per heavy atom. The minimum atomic E-state index is -0.585. The normalized spacial score (nSPS) is 19.7. The summed E-state index contributed by atoms with van der Waals surface area (Å²) in [6.45, 7) is 5.90. The van der Waals surface area contributed by atoms with E-state index in [0.29, 0.717) is 13.0 Å². The third-order valence-electron chi connectivity index (χ3n) is 3.74. The van der Waals surface area contributed by atoms with Gasteiger partial charge < -0.3 is 4.74 Å². The van der Waals surface area contributed by atoms with Gasteiger partial charge in [0.15, 0.2) is 0 Å². The van der Waals surface area contributed by atoms with Gasteiger partial charge >= 0.3 is 6.09 Å². The van der Waals surface area contributed by atoms with Gasteiger partial charge in [-0.1, -0.05) is 36.8 Å². The van der Waals surface area contributed by atoms with E-state index in [4.69, 9.17) is 4.74 Å². The van der Waals surface area contributed by atoms with Crippen LogP contribution in [0, 0.1) is 5.92 Å². The van der Waals surface area contributed by atoms with Crippen molar-refractivity contribution in [2.45, 2.75) is 52.1 Å². The Hall–Kier alpha value is -1.84. The SMILES string of the molecule is CC(C)(C)OC(=O)N1CCCCC(Cc2ccccc2)C1=O. The van der Waals surface area contributed by atoms with Crippen LogP contribution in [0.25, 0.3) is 0 Å². The maximum Gasteiger partial charge on any atom is 0.417 e. The van der Waals surface area contributed by atoms with Crippen molar-refractivity contribution in [3.8, 4) is 0 Å². The molecule has 120 valence electrons. The number of rotatable bonds is 2. The fourth-order valence-electron chi connectivity index (χ4n) is 2.70. The third-order valence-corrected chi connectivity index (χ3v) is 3.74. The number of benzene rings is 1. The monoisotopic (exact) mass is 303 g/mol. The molecule has 2 amide bonds. The summed E-state index contributed by atoms with van der Waals surface area (Å²) in [5, 5.41) is 0. The van der Waals surface area contributed by atoms with E-state index in [2.05, 4.69) is 0 Å². The first-order valence-electron chi connectivity index (χ1n) is 7.95. The molecule has 4 nitrogen and oxygen atoms in total. The average molecular weight is 303 g/mol. The Bertz CT molecular complexity index is 519. The second-order valence-electron chi connectivity index (χ2n) is 6.85. The maximum atomic E-state index is 12.7. The van der Waals surface area contributed by atoms with Crippen LogP contribution in [0.2, 0.25) is 0 Å². The number of carbonyl (C=O) groups excluding carboxylic acids is 2. The molecule has 0 saturated carbocycles. The largest absolute Gasteiger partial charge is 0.443 e. The smallest absolute Gasteiger partial charge is 0.417 e. The quantitative estimate of drug-likeness (QED) is 0.835. The van der Waals surface area contributed by atoms with Crippen molar-refractivity contribution in [3.05, 3.63) is 35.9 Å². The van der Waals surface area contributed by atoms with Crippen molar-refractivity contribution < 1.29 is 14.3 Å². The number of hydrogen-bond acceptors (Lipinski definition) is 3. The first kappa shape index (κ1) is 16.5. The average Bonchev–Trinajstić information content (AvgIpc) is 2.61. The highest BCUT2D eigenvalue weighted by Gasteiger charge is 2.33. The van der Waals surface area contributed by atoms with Gasteiger partial charge in [-0.15, -0.1) is 0 Å². The fraction of sp³-hybridized carbons (Fsp3) is 0.556. The third kappa shape index (κ3) is 4.58. The van der Waals surface area contributed by atoms with Gasteiger partial charge in [0.25, 0.3) is 0 Å². The molecule has 1 aromatic carbocycles. The molecule has 1 aliphatic heterocycles. The van der Waals surface area contributed by atoms with E-state index in [1.54, 1.807) is 0 Å². The van der Waals surface area contributed by atoms with Crippen molar-refractivity contribution in [1.82, 2.24) is 4.90 Å². The summed E-state index contributed by atoms with van der Waals surface area (Å²) in [5.41, 5.74) is 0.547. The predicted octanol–water partition coefficient (Wildman–Crippen LogP) is 3.79. The van der Waals surface area contributed by atoms with Crippen LogP contribution >= 0.6 is 0 Å². The van der Waals surface area contributed by atoms with Crippen molar-refractivity contribution in [2.75, 3.05) is 6.54 Å². The summed E-state index contributed by atoms with van der Waals surface area (Å²) in [6, 6.07) is 9.96. The summed E-state index contributed by atoms with van der Waals surface area (Å²) in [5.74, 6) is -0.243. The molecule has 0 aliphatic carbocycles. The highest BCUT2D eigenvalue weighted by atomic mass is 16.6. The minimum Gasteiger partial charge on any atom is -0.443 e. The predicted molar refractivity (Wildman–Crippen MR) is 85.4 cm³/mol. The molecule has 0 spiro atoms. The molecule has 1 aliphatic rings. The van der Waals surface area contributed by atoms with E-state index in [0.717, 1.165) is 24.8 Å². The number of carbonyl (C=O) groups is 2. The van der Waals surface area contributed by atoms with Crippen LogP contribution in [-0.2, 0) is 16.0 Å². The highest BCUT2D eigenvalue weighted by molar-refractivity contribution is 5.93. The lowest BCUT2D eigenvalue weighted by Crippen LogP contribution is -2.43. The van der Waals surface area contributed by atoms with Crippen LogP contribution < -0.4 is 0 Å². The van der Waals surface area contributed by atoms with E-state index >= 15 is 0 Å². The minimum absolute atomic E-state index is 0.101. The van der Waals surface area contributed by atoms with Crippen LogP contribution in [0.4, 0.5) is 4.79 Å². The van der Waals surface area contributed by atoms with E-state index in [9.17, 15) is 9.59 Å². The van der Waals surface area contributed by atoms with Gasteiger partial charge in [-0.3, -0.25) is 4.79 Å². The molecule has 1 unspecified atom stereocenters. The summed E-state index contributed by atoms with van der Waals surface area (Å²) < 4.78 is 5.37. The number of imide groups is 1. The molecule has 1 aromatic rings. The van der Waals surface area contributed by atoms with Gasteiger partial charge in [0.2, 0.25) is 5.91 Å². The van der Waals surface area contributed by atoms with E-state index in [1.165, 1.54) is 4.90 Å². The molecule has 1 fully saturated rings. The number of ether oxygens (including phenoxy) is 1. The first-order valence-corrected chi connectivity index (χ1v) is 7.95. The lowest BCUT2D eigenvalue weighted by molar-refractivity contribution is -0.134. The van der Waals surface area contributed by atoms with E-state index in [-0.39, 0.29) is 11.8 Å². The van der Waals surface area contributed by atoms with Crippen molar-refractivity contribution in [3.63, 3.8) is 0 Å². The van der Waals surface area contributed by atoms with Crippen LogP contribution in [-0.4, -0.2) is 29.0 Å². The Morgan fingerprint density at radius 3 is 2.55 bits per heavy atom. The van der Waals surface area contributed by atoms with Crippen LogP contribution in [0.1, 0.15) is 45.6 Å². The van der Waals surface area contributed by atoms with Crippen molar-refractivity contribution in [1.29, 1.82) is 0 Å². The Labute approximate surface area is 132 Å². The number of hydrogen-bond donors (Lipinski definition) is 0. The number of likely N-dealkylation sites (tertiary alicyclic amines) is 1. The molecule has 0 N–H and O–H groups in total. The molecule has 22 heavy (non-hydrogen) atoms. The van der Waals surface area contributed by atoms with Crippen LogP contribution in [0.5, 0.6) is 0 Å². The van der Waals surface area contributed by atoms with Gasteiger partial charge in [-0.2, -0.15) is 0 Å². The molecule has 4 heteroatoms. The Balaban J connectivity index is 2.09. The van der Waals surface area contributed by atoms with Crippen molar-refractivity contribution in [2.24, 2.45) is 5.92 Å². The van der Waals surface area contributed by atoms with Gasteiger partial charge in [0.1, 0.15) is 5.60 Å². The molecule has 1 heterocycles. The lowest BCUT2D eigenvalue weighted by atomic mass is 9.94. The zero-order valence-corrected chi connectivity index (χ0v) is 13.7. The van der Waals surface area contributed by atoms with Crippen LogP contribution in [0.15, 0.2) is 30.3 Å². The zero-order valence-electron chi connectivity index (χ0n) is 13.7. The summed E-state index contributed by atoms with van der Waals surface area (Å²) >= 11 is 0.